The van der Waals surface area contributed by atoms with Gasteiger partial charge in [0.15, 0.2) is 0 Å². The molecule has 4 aromatic carbocycles. The molecule has 5 heteroatoms. The van der Waals surface area contributed by atoms with Crippen LogP contribution in [0.5, 0.6) is 0 Å². The molecule has 0 saturated carbocycles. The van der Waals surface area contributed by atoms with Crippen LogP contribution in [0.25, 0.3) is 0 Å². The molecule has 4 nitrogen and oxygen atoms in total. The quantitative estimate of drug-likeness (QED) is 0.154. The summed E-state index contributed by atoms with van der Waals surface area (Å²) in [6, 6.07) is 39.7. The predicted octanol–water partition coefficient (Wildman–Crippen LogP) is 7.05. The van der Waals surface area contributed by atoms with E-state index in [0.29, 0.717) is 0 Å². The van der Waals surface area contributed by atoms with Gasteiger partial charge in [0, 0.05) is 42.1 Å². The molecule has 0 fully saturated rings. The van der Waals surface area contributed by atoms with Gasteiger partial charge in [-0.15, -0.1) is 0 Å². The van der Waals surface area contributed by atoms with E-state index in [-0.39, 0.29) is 68.5 Å². The number of hydrogen-bond donors (Lipinski definition) is 4. The van der Waals surface area contributed by atoms with Gasteiger partial charge >= 0.3 is 0 Å². The topological polar surface area (TPSA) is 80.9 Å². The van der Waals surface area contributed by atoms with Crippen LogP contribution in [0.2, 0.25) is 0 Å². The van der Waals surface area contributed by atoms with E-state index < -0.39 is 0 Å². The summed E-state index contributed by atoms with van der Waals surface area (Å²) in [5, 5.41) is 35.7. The third kappa shape index (κ3) is 14.7. The fraction of sp³-hybridized carbons (Fsp3) is 0.351. The van der Waals surface area contributed by atoms with Crippen molar-refractivity contribution in [1.82, 2.24) is 0 Å². The van der Waals surface area contributed by atoms with Crippen molar-refractivity contribution in [2.24, 2.45) is 0 Å². The zero-order chi connectivity index (χ0) is 30.8. The van der Waals surface area contributed by atoms with Gasteiger partial charge < -0.3 is 20.4 Å². The second-order valence-electron chi connectivity index (χ2n) is 11.9. The van der Waals surface area contributed by atoms with E-state index in [2.05, 4.69) is 0 Å². The van der Waals surface area contributed by atoms with Crippen molar-refractivity contribution in [3.05, 3.63) is 144 Å². The van der Waals surface area contributed by atoms with Crippen molar-refractivity contribution in [1.29, 1.82) is 0 Å². The van der Waals surface area contributed by atoms with Crippen LogP contribution in [0.4, 0.5) is 0 Å². The Labute approximate surface area is 272 Å². The molecule has 226 valence electrons. The summed E-state index contributed by atoms with van der Waals surface area (Å²) in [5.74, 6) is 0. The van der Waals surface area contributed by atoms with Gasteiger partial charge in [0.25, 0.3) is 0 Å². The van der Waals surface area contributed by atoms with Crippen LogP contribution >= 0.6 is 0 Å². The first-order valence-corrected chi connectivity index (χ1v) is 14.1. The summed E-state index contributed by atoms with van der Waals surface area (Å²) in [6.07, 6.45) is 0. The van der Waals surface area contributed by atoms with Crippen LogP contribution in [-0.4, -0.2) is 40.2 Å². The minimum Gasteiger partial charge on any atom is -0.395 e. The molecule has 0 aromatic heterocycles. The summed E-state index contributed by atoms with van der Waals surface area (Å²) >= 11 is 0. The average molecular weight is 737 g/mol. The van der Waals surface area contributed by atoms with Crippen molar-refractivity contribution < 1.29 is 46.3 Å². The van der Waals surface area contributed by atoms with Gasteiger partial charge in [-0.2, -0.15) is 0 Å². The van der Waals surface area contributed by atoms with Crippen LogP contribution in [-0.2, 0) is 48.7 Å². The number of aliphatic hydroxyl groups is 4. The van der Waals surface area contributed by atoms with Gasteiger partial charge in [-0.1, -0.05) is 163 Å². The van der Waals surface area contributed by atoms with E-state index in [9.17, 15) is 0 Å². The molecule has 0 aliphatic heterocycles. The number of aliphatic hydroxyl groups excluding tert-OH is 4. The molecule has 0 amide bonds. The fourth-order valence-electron chi connectivity index (χ4n) is 3.53. The Morgan fingerprint density at radius 2 is 0.595 bits per heavy atom. The first-order valence-electron chi connectivity index (χ1n) is 14.1. The van der Waals surface area contributed by atoms with Gasteiger partial charge in [-0.05, 0) is 22.3 Å². The van der Waals surface area contributed by atoms with E-state index in [1.807, 2.05) is 163 Å². The van der Waals surface area contributed by atoms with Crippen LogP contribution < -0.4 is 0 Å². The van der Waals surface area contributed by atoms with Gasteiger partial charge in [-0.25, -0.2) is 0 Å². The Morgan fingerprint density at radius 1 is 0.381 bits per heavy atom. The van der Waals surface area contributed by atoms with Crippen LogP contribution in [0.15, 0.2) is 121 Å². The van der Waals surface area contributed by atoms with E-state index >= 15 is 0 Å². The minimum absolute atomic E-state index is 0. The van der Waals surface area contributed by atoms with Gasteiger partial charge in [0.1, 0.15) is 0 Å². The minimum atomic E-state index is -0.110. The zero-order valence-corrected chi connectivity index (χ0v) is 29.8. The summed E-state index contributed by atoms with van der Waals surface area (Å²) in [6.45, 7) is 12.9. The molecule has 4 aromatic rings. The molecular formula is C37H50HfO4. The van der Waals surface area contributed by atoms with Gasteiger partial charge in [0.05, 0.1) is 26.4 Å². The summed E-state index contributed by atoms with van der Waals surface area (Å²) < 4.78 is 0. The van der Waals surface area contributed by atoms with Gasteiger partial charge in [-0.3, -0.25) is 0 Å². The molecule has 0 bridgehead atoms. The molecular weight excluding hydrogens is 687 g/mol. The normalized spacial score (nSPS) is 10.8. The molecule has 0 atom stereocenters. The Hall–Kier alpha value is -2.41. The predicted molar refractivity (Wildman–Crippen MR) is 172 cm³/mol. The third-order valence-electron chi connectivity index (χ3n) is 6.88. The average Bonchev–Trinajstić information content (AvgIpc) is 3.03. The molecule has 0 saturated heterocycles. The van der Waals surface area contributed by atoms with Crippen molar-refractivity contribution in [2.45, 2.75) is 64.4 Å². The van der Waals surface area contributed by atoms with E-state index in [4.69, 9.17) is 20.4 Å². The van der Waals surface area contributed by atoms with Crippen LogP contribution in [0.1, 0.15) is 63.8 Å². The van der Waals surface area contributed by atoms with Crippen molar-refractivity contribution in [3.63, 3.8) is 0 Å². The standard InChI is InChI=1S/3C10H14O.C7H8O.Hf/c3*1-10(2,8-11)9-6-4-3-5-7-9;8-6-7-4-2-1-3-5-7;/h3*3-7,11H,8H2,1-2H3;1-5,8H,6H2;. The summed E-state index contributed by atoms with van der Waals surface area (Å²) in [7, 11) is 0. The maximum absolute atomic E-state index is 9.05. The SMILES string of the molecule is CC(C)(CO)c1ccccc1.CC(C)(CO)c1ccccc1.CC(C)(CO)c1ccccc1.OCc1ccccc1.[Hf]. The Kier molecular flexibility index (Phi) is 19.3. The first kappa shape index (κ1) is 39.6. The van der Waals surface area contributed by atoms with Crippen molar-refractivity contribution in [2.75, 3.05) is 19.8 Å². The molecule has 4 N–H and O–H groups in total. The molecule has 0 aliphatic rings. The number of rotatable bonds is 7. The molecule has 0 heterocycles. The first-order chi connectivity index (χ1) is 19.4. The number of benzene rings is 4. The zero-order valence-electron chi connectivity index (χ0n) is 26.2. The smallest absolute Gasteiger partial charge is 0.0681 e. The second-order valence-corrected chi connectivity index (χ2v) is 11.9. The monoisotopic (exact) mass is 738 g/mol. The largest absolute Gasteiger partial charge is 0.395 e. The molecule has 0 radical (unpaired) electrons. The second kappa shape index (κ2) is 20.5. The molecule has 0 aliphatic carbocycles. The number of hydrogen-bond acceptors (Lipinski definition) is 4. The molecule has 4 rings (SSSR count). The van der Waals surface area contributed by atoms with Crippen LogP contribution in [0.3, 0.4) is 0 Å². The Morgan fingerprint density at radius 3 is 0.762 bits per heavy atom. The summed E-state index contributed by atoms with van der Waals surface area (Å²) in [4.78, 5) is 0. The maximum atomic E-state index is 9.05. The molecule has 0 spiro atoms. The van der Waals surface area contributed by atoms with E-state index in [1.165, 1.54) is 16.7 Å². The van der Waals surface area contributed by atoms with E-state index in [0.717, 1.165) is 5.56 Å². The Bertz CT molecular complexity index is 1060. The van der Waals surface area contributed by atoms with Gasteiger partial charge in [0.2, 0.25) is 0 Å². The Balaban J connectivity index is 0.000000533. The molecule has 42 heavy (non-hydrogen) atoms. The van der Waals surface area contributed by atoms with Crippen molar-refractivity contribution in [3.8, 4) is 0 Å². The summed E-state index contributed by atoms with van der Waals surface area (Å²) in [5.41, 5.74) is 4.18. The van der Waals surface area contributed by atoms with Crippen molar-refractivity contribution >= 4 is 0 Å². The maximum Gasteiger partial charge on any atom is 0.0681 e. The third-order valence-corrected chi connectivity index (χ3v) is 6.88. The molecule has 0 unspecified atom stereocenters. The fourth-order valence-corrected chi connectivity index (χ4v) is 3.53. The van der Waals surface area contributed by atoms with E-state index in [1.54, 1.807) is 0 Å². The van der Waals surface area contributed by atoms with Crippen LogP contribution in [0, 0.1) is 0 Å².